The molecule has 3 aromatic rings. The number of nitrogens with one attached hydrogen (secondary N) is 1. The molecule has 25 heavy (non-hydrogen) atoms. The Balaban J connectivity index is 1.54. The molecule has 0 radical (unpaired) electrons. The lowest BCUT2D eigenvalue weighted by Crippen LogP contribution is -2.27. The summed E-state index contributed by atoms with van der Waals surface area (Å²) >= 11 is 7.33. The van der Waals surface area contributed by atoms with Gasteiger partial charge in [0.15, 0.2) is 0 Å². The fourth-order valence-electron chi connectivity index (χ4n) is 2.25. The van der Waals surface area contributed by atoms with Gasteiger partial charge in [0, 0.05) is 41.3 Å². The SMILES string of the molecule is O=S(=O)(Cc1ccc(Cl)cc1)NCCc1nc(-c2ccncc2)cs1. The lowest BCUT2D eigenvalue weighted by Gasteiger charge is -2.06. The number of rotatable bonds is 7. The third kappa shape index (κ3) is 5.34. The number of hydrogen-bond donors (Lipinski definition) is 1. The zero-order valence-corrected chi connectivity index (χ0v) is 15.6. The van der Waals surface area contributed by atoms with Crippen LogP contribution in [0.4, 0.5) is 0 Å². The zero-order chi connectivity index (χ0) is 17.7. The van der Waals surface area contributed by atoms with Crippen molar-refractivity contribution in [3.05, 3.63) is 69.8 Å². The van der Waals surface area contributed by atoms with E-state index in [-0.39, 0.29) is 5.75 Å². The van der Waals surface area contributed by atoms with Gasteiger partial charge >= 0.3 is 0 Å². The van der Waals surface area contributed by atoms with Gasteiger partial charge in [0.1, 0.15) is 0 Å². The molecule has 0 amide bonds. The van der Waals surface area contributed by atoms with Crippen LogP contribution in [0, 0.1) is 0 Å². The molecule has 1 N–H and O–H groups in total. The number of thiazole rings is 1. The standard InChI is InChI=1S/C17H16ClN3O2S2/c18-15-3-1-13(2-4-15)12-25(22,23)20-10-7-17-21-16(11-24-17)14-5-8-19-9-6-14/h1-6,8-9,11,20H,7,10,12H2. The van der Waals surface area contributed by atoms with Gasteiger partial charge in [-0.1, -0.05) is 23.7 Å². The molecule has 3 rings (SSSR count). The summed E-state index contributed by atoms with van der Waals surface area (Å²) in [5, 5.41) is 3.44. The van der Waals surface area contributed by atoms with Gasteiger partial charge in [-0.3, -0.25) is 4.98 Å². The Labute approximate surface area is 155 Å². The molecule has 0 atom stereocenters. The van der Waals surface area contributed by atoms with E-state index in [1.807, 2.05) is 17.5 Å². The summed E-state index contributed by atoms with van der Waals surface area (Å²) < 4.78 is 26.9. The second-order valence-electron chi connectivity index (χ2n) is 5.39. The van der Waals surface area contributed by atoms with Crippen LogP contribution in [-0.4, -0.2) is 24.9 Å². The lowest BCUT2D eigenvalue weighted by molar-refractivity contribution is 0.580. The molecule has 1 aromatic carbocycles. The van der Waals surface area contributed by atoms with Crippen LogP contribution >= 0.6 is 22.9 Å². The van der Waals surface area contributed by atoms with Crippen molar-refractivity contribution >= 4 is 33.0 Å². The first kappa shape index (κ1) is 18.0. The fraction of sp³-hybridized carbons (Fsp3) is 0.176. The van der Waals surface area contributed by atoms with Crippen LogP contribution in [0.3, 0.4) is 0 Å². The molecule has 0 saturated carbocycles. The number of pyridine rings is 1. The molecule has 0 aliphatic heterocycles. The predicted molar refractivity (Wildman–Crippen MR) is 101 cm³/mol. The van der Waals surface area contributed by atoms with Crippen molar-refractivity contribution in [2.75, 3.05) is 6.54 Å². The van der Waals surface area contributed by atoms with Crippen molar-refractivity contribution in [1.82, 2.24) is 14.7 Å². The van der Waals surface area contributed by atoms with Crippen molar-refractivity contribution in [3.63, 3.8) is 0 Å². The molecule has 5 nitrogen and oxygen atoms in total. The molecule has 0 aliphatic rings. The summed E-state index contributed by atoms with van der Waals surface area (Å²) in [6.45, 7) is 0.319. The summed E-state index contributed by atoms with van der Waals surface area (Å²) in [6, 6.07) is 10.6. The first-order valence-corrected chi connectivity index (χ1v) is 10.5. The molecule has 2 heterocycles. The number of benzene rings is 1. The highest BCUT2D eigenvalue weighted by molar-refractivity contribution is 7.88. The highest BCUT2D eigenvalue weighted by Crippen LogP contribution is 2.21. The second-order valence-corrected chi connectivity index (χ2v) is 8.58. The van der Waals surface area contributed by atoms with Crippen LogP contribution in [0.15, 0.2) is 54.2 Å². The average molecular weight is 394 g/mol. The summed E-state index contributed by atoms with van der Waals surface area (Å²) in [5.74, 6) is -0.0652. The van der Waals surface area contributed by atoms with Gasteiger partial charge in [-0.15, -0.1) is 11.3 Å². The van der Waals surface area contributed by atoms with E-state index < -0.39 is 10.0 Å². The van der Waals surface area contributed by atoms with E-state index in [9.17, 15) is 8.42 Å². The predicted octanol–water partition coefficient (Wildman–Crippen LogP) is 3.52. The molecule has 0 unspecified atom stereocenters. The smallest absolute Gasteiger partial charge is 0.215 e. The van der Waals surface area contributed by atoms with Crippen molar-refractivity contribution < 1.29 is 8.42 Å². The first-order valence-electron chi connectivity index (χ1n) is 7.58. The zero-order valence-electron chi connectivity index (χ0n) is 13.2. The number of nitrogens with zero attached hydrogens (tertiary/aromatic N) is 2. The van der Waals surface area contributed by atoms with E-state index in [0.717, 1.165) is 16.3 Å². The lowest BCUT2D eigenvalue weighted by atomic mass is 10.2. The molecular weight excluding hydrogens is 378 g/mol. The number of hydrogen-bond acceptors (Lipinski definition) is 5. The maximum Gasteiger partial charge on any atom is 0.215 e. The third-order valence-corrected chi connectivity index (χ3v) is 5.98. The van der Waals surface area contributed by atoms with E-state index >= 15 is 0 Å². The second kappa shape index (κ2) is 8.05. The van der Waals surface area contributed by atoms with Crippen LogP contribution in [0.1, 0.15) is 10.6 Å². The summed E-state index contributed by atoms with van der Waals surface area (Å²) in [7, 11) is -3.39. The van der Waals surface area contributed by atoms with Gasteiger partial charge in [0.05, 0.1) is 16.5 Å². The Bertz CT molecular complexity index is 926. The summed E-state index contributed by atoms with van der Waals surface area (Å²) in [5.41, 5.74) is 2.58. The Morgan fingerprint density at radius 2 is 1.80 bits per heavy atom. The Morgan fingerprint density at radius 3 is 2.52 bits per heavy atom. The Morgan fingerprint density at radius 1 is 1.08 bits per heavy atom. The van der Waals surface area contributed by atoms with E-state index in [0.29, 0.717) is 23.6 Å². The van der Waals surface area contributed by atoms with Crippen molar-refractivity contribution in [3.8, 4) is 11.3 Å². The van der Waals surface area contributed by atoms with Gasteiger partial charge < -0.3 is 0 Å². The molecule has 2 aromatic heterocycles. The van der Waals surface area contributed by atoms with Crippen molar-refractivity contribution in [1.29, 1.82) is 0 Å². The highest BCUT2D eigenvalue weighted by Gasteiger charge is 2.12. The van der Waals surface area contributed by atoms with Crippen LogP contribution in [-0.2, 0) is 22.2 Å². The maximum atomic E-state index is 12.1. The average Bonchev–Trinajstić information content (AvgIpc) is 3.06. The van der Waals surface area contributed by atoms with E-state index in [1.54, 1.807) is 36.7 Å². The minimum Gasteiger partial charge on any atom is -0.265 e. The largest absolute Gasteiger partial charge is 0.265 e. The van der Waals surface area contributed by atoms with Gasteiger partial charge in [0.2, 0.25) is 10.0 Å². The molecule has 0 bridgehead atoms. The number of halogens is 1. The van der Waals surface area contributed by atoms with Crippen molar-refractivity contribution in [2.24, 2.45) is 0 Å². The quantitative estimate of drug-likeness (QED) is 0.666. The monoisotopic (exact) mass is 393 g/mol. The normalized spacial score (nSPS) is 11.6. The molecule has 0 fully saturated rings. The first-order chi connectivity index (χ1) is 12.0. The van der Waals surface area contributed by atoms with Crippen LogP contribution in [0.5, 0.6) is 0 Å². The Kier molecular flexibility index (Phi) is 5.80. The minimum atomic E-state index is -3.39. The van der Waals surface area contributed by atoms with Crippen molar-refractivity contribution in [2.45, 2.75) is 12.2 Å². The molecular formula is C17H16ClN3O2S2. The van der Waals surface area contributed by atoms with E-state index in [4.69, 9.17) is 11.6 Å². The van der Waals surface area contributed by atoms with Gasteiger partial charge in [-0.2, -0.15) is 0 Å². The van der Waals surface area contributed by atoms with Crippen LogP contribution in [0.2, 0.25) is 5.02 Å². The maximum absolute atomic E-state index is 12.1. The molecule has 0 spiro atoms. The van der Waals surface area contributed by atoms with E-state index in [2.05, 4.69) is 14.7 Å². The molecule has 8 heteroatoms. The highest BCUT2D eigenvalue weighted by atomic mass is 35.5. The summed E-state index contributed by atoms with van der Waals surface area (Å²) in [6.07, 6.45) is 3.99. The molecule has 0 saturated heterocycles. The topological polar surface area (TPSA) is 72.0 Å². The van der Waals surface area contributed by atoms with Crippen LogP contribution in [0.25, 0.3) is 11.3 Å². The molecule has 0 aliphatic carbocycles. The summed E-state index contributed by atoms with van der Waals surface area (Å²) in [4.78, 5) is 8.52. The minimum absolute atomic E-state index is 0.0652. The fourth-order valence-corrected chi connectivity index (χ4v) is 4.33. The number of sulfonamides is 1. The third-order valence-electron chi connectivity index (χ3n) is 3.46. The van der Waals surface area contributed by atoms with E-state index in [1.165, 1.54) is 11.3 Å². The van der Waals surface area contributed by atoms with Gasteiger partial charge in [-0.05, 0) is 29.8 Å². The Hall–Kier alpha value is -1.80. The number of aromatic nitrogens is 2. The van der Waals surface area contributed by atoms with Gasteiger partial charge in [-0.25, -0.2) is 18.1 Å². The van der Waals surface area contributed by atoms with Crippen LogP contribution < -0.4 is 4.72 Å². The molecule has 130 valence electrons. The van der Waals surface area contributed by atoms with Gasteiger partial charge in [0.25, 0.3) is 0 Å².